The Morgan fingerprint density at radius 1 is 1.25 bits per heavy atom. The molecule has 1 heterocycles. The van der Waals surface area contributed by atoms with Crippen LogP contribution in [0.2, 0.25) is 0 Å². The van der Waals surface area contributed by atoms with E-state index in [1.807, 2.05) is 31.4 Å². The molecule has 2 aromatic rings. The number of halogens is 1. The second-order valence-electron chi connectivity index (χ2n) is 4.98. The highest BCUT2D eigenvalue weighted by atomic mass is 79.9. The van der Waals surface area contributed by atoms with Crippen molar-refractivity contribution in [2.75, 3.05) is 0 Å². The molecule has 1 N–H and O–H groups in total. The van der Waals surface area contributed by atoms with Gasteiger partial charge in [0.15, 0.2) is 0 Å². The van der Waals surface area contributed by atoms with E-state index < -0.39 is 5.97 Å². The third-order valence-electron chi connectivity index (χ3n) is 3.38. The first-order valence-electron chi connectivity index (χ1n) is 6.65. The summed E-state index contributed by atoms with van der Waals surface area (Å²) in [4.78, 5) is 11.3. The van der Waals surface area contributed by atoms with Gasteiger partial charge in [0.1, 0.15) is 5.69 Å². The van der Waals surface area contributed by atoms with E-state index in [0.717, 1.165) is 33.3 Å². The van der Waals surface area contributed by atoms with Gasteiger partial charge in [0.05, 0.1) is 0 Å². The molecular weight excluding hydrogens is 318 g/mol. The van der Waals surface area contributed by atoms with E-state index in [1.54, 1.807) is 6.07 Å². The largest absolute Gasteiger partial charge is 0.477 e. The summed E-state index contributed by atoms with van der Waals surface area (Å²) in [5.74, 6) is -0.879. The zero-order chi connectivity index (χ0) is 14.9. The van der Waals surface area contributed by atoms with Gasteiger partial charge in [-0.25, -0.2) is 4.79 Å². The number of hydrogen-bond acceptors (Lipinski definition) is 1. The molecule has 0 unspecified atom stereocenters. The van der Waals surface area contributed by atoms with E-state index >= 15 is 0 Å². The quantitative estimate of drug-likeness (QED) is 0.884. The molecule has 0 saturated carbocycles. The Morgan fingerprint density at radius 2 is 1.85 bits per heavy atom. The van der Waals surface area contributed by atoms with Gasteiger partial charge < -0.3 is 9.67 Å². The van der Waals surface area contributed by atoms with Gasteiger partial charge in [-0.3, -0.25) is 0 Å². The van der Waals surface area contributed by atoms with Crippen LogP contribution in [0.5, 0.6) is 0 Å². The highest BCUT2D eigenvalue weighted by Gasteiger charge is 2.15. The Bertz CT molecular complexity index is 635. The van der Waals surface area contributed by atoms with Gasteiger partial charge in [-0.15, -0.1) is 0 Å². The normalized spacial score (nSPS) is 10.8. The standard InChI is InChI=1S/C16H18BrNO2/c1-4-7-18-13(5-6-14(18)16(19)20)12-8-10(2)15(17)11(3)9-12/h5-6,8-9H,4,7H2,1-3H3,(H,19,20). The predicted molar refractivity (Wildman–Crippen MR) is 84.3 cm³/mol. The van der Waals surface area contributed by atoms with Crippen molar-refractivity contribution in [2.24, 2.45) is 0 Å². The van der Waals surface area contributed by atoms with Crippen LogP contribution in [0.4, 0.5) is 0 Å². The second-order valence-corrected chi connectivity index (χ2v) is 5.78. The molecule has 1 aromatic heterocycles. The first kappa shape index (κ1) is 14.9. The topological polar surface area (TPSA) is 42.2 Å². The molecular formula is C16H18BrNO2. The van der Waals surface area contributed by atoms with Crippen molar-refractivity contribution in [1.29, 1.82) is 0 Å². The Morgan fingerprint density at radius 3 is 2.35 bits per heavy atom. The highest BCUT2D eigenvalue weighted by Crippen LogP contribution is 2.30. The van der Waals surface area contributed by atoms with Crippen molar-refractivity contribution in [1.82, 2.24) is 4.57 Å². The summed E-state index contributed by atoms with van der Waals surface area (Å²) in [6, 6.07) is 7.75. The van der Waals surface area contributed by atoms with Crippen LogP contribution in [0, 0.1) is 13.8 Å². The minimum atomic E-state index is -0.879. The van der Waals surface area contributed by atoms with Crippen LogP contribution in [0.3, 0.4) is 0 Å². The number of carboxylic acid groups (broad SMARTS) is 1. The van der Waals surface area contributed by atoms with Gasteiger partial charge in [-0.05, 0) is 61.2 Å². The smallest absolute Gasteiger partial charge is 0.352 e. The fourth-order valence-electron chi connectivity index (χ4n) is 2.46. The number of hydrogen-bond donors (Lipinski definition) is 1. The van der Waals surface area contributed by atoms with Crippen LogP contribution in [0.1, 0.15) is 35.0 Å². The SMILES string of the molecule is CCCn1c(C(=O)O)ccc1-c1cc(C)c(Br)c(C)c1. The van der Waals surface area contributed by atoms with Crippen LogP contribution >= 0.6 is 15.9 Å². The molecule has 106 valence electrons. The summed E-state index contributed by atoms with van der Waals surface area (Å²) < 4.78 is 2.98. The van der Waals surface area contributed by atoms with Gasteiger partial charge in [0.25, 0.3) is 0 Å². The summed E-state index contributed by atoms with van der Waals surface area (Å²) in [6.45, 7) is 6.85. The lowest BCUT2D eigenvalue weighted by Crippen LogP contribution is -2.09. The Balaban J connectivity index is 2.60. The third kappa shape index (κ3) is 2.66. The third-order valence-corrected chi connectivity index (χ3v) is 4.63. The van der Waals surface area contributed by atoms with Crippen molar-refractivity contribution < 1.29 is 9.90 Å². The van der Waals surface area contributed by atoms with E-state index in [-0.39, 0.29) is 0 Å². The average molecular weight is 336 g/mol. The maximum atomic E-state index is 11.3. The first-order chi connectivity index (χ1) is 9.45. The number of aromatic nitrogens is 1. The Hall–Kier alpha value is -1.55. The zero-order valence-corrected chi connectivity index (χ0v) is 13.5. The van der Waals surface area contributed by atoms with Crippen molar-refractivity contribution in [3.8, 4) is 11.3 Å². The molecule has 0 radical (unpaired) electrons. The van der Waals surface area contributed by atoms with Crippen molar-refractivity contribution >= 4 is 21.9 Å². The van der Waals surface area contributed by atoms with E-state index in [4.69, 9.17) is 0 Å². The summed E-state index contributed by atoms with van der Waals surface area (Å²) in [5, 5.41) is 9.28. The van der Waals surface area contributed by atoms with Gasteiger partial charge in [-0.2, -0.15) is 0 Å². The molecule has 0 amide bonds. The fourth-order valence-corrected chi connectivity index (χ4v) is 2.69. The number of benzene rings is 1. The maximum Gasteiger partial charge on any atom is 0.352 e. The summed E-state index contributed by atoms with van der Waals surface area (Å²) in [6.07, 6.45) is 0.899. The summed E-state index contributed by atoms with van der Waals surface area (Å²) in [5.41, 5.74) is 4.68. The zero-order valence-electron chi connectivity index (χ0n) is 11.9. The van der Waals surface area contributed by atoms with Crippen molar-refractivity contribution in [2.45, 2.75) is 33.7 Å². The number of aromatic carboxylic acids is 1. The summed E-state index contributed by atoms with van der Waals surface area (Å²) >= 11 is 3.56. The van der Waals surface area contributed by atoms with Gasteiger partial charge >= 0.3 is 5.97 Å². The van der Waals surface area contributed by atoms with Gasteiger partial charge in [0.2, 0.25) is 0 Å². The number of aryl methyl sites for hydroxylation is 2. The van der Waals surface area contributed by atoms with Gasteiger partial charge in [-0.1, -0.05) is 22.9 Å². The molecule has 0 saturated heterocycles. The second kappa shape index (κ2) is 5.83. The molecule has 0 aliphatic rings. The lowest BCUT2D eigenvalue weighted by Gasteiger charge is -2.13. The molecule has 0 aliphatic carbocycles. The first-order valence-corrected chi connectivity index (χ1v) is 7.45. The molecule has 0 spiro atoms. The van der Waals surface area contributed by atoms with E-state index in [0.29, 0.717) is 12.2 Å². The van der Waals surface area contributed by atoms with Gasteiger partial charge in [0, 0.05) is 16.7 Å². The van der Waals surface area contributed by atoms with Crippen LogP contribution in [-0.2, 0) is 6.54 Å². The molecule has 4 heteroatoms. The molecule has 0 atom stereocenters. The number of rotatable bonds is 4. The van der Waals surface area contributed by atoms with E-state index in [1.165, 1.54) is 0 Å². The molecule has 1 aromatic carbocycles. The van der Waals surface area contributed by atoms with Crippen LogP contribution in [0.15, 0.2) is 28.7 Å². The van der Waals surface area contributed by atoms with Crippen molar-refractivity contribution in [3.63, 3.8) is 0 Å². The molecule has 3 nitrogen and oxygen atoms in total. The molecule has 20 heavy (non-hydrogen) atoms. The minimum absolute atomic E-state index is 0.347. The average Bonchev–Trinajstić information content (AvgIpc) is 2.79. The lowest BCUT2D eigenvalue weighted by atomic mass is 10.0. The van der Waals surface area contributed by atoms with Crippen LogP contribution in [0.25, 0.3) is 11.3 Å². The monoisotopic (exact) mass is 335 g/mol. The predicted octanol–water partition coefficient (Wildman–Crippen LogP) is 4.64. The van der Waals surface area contributed by atoms with E-state index in [9.17, 15) is 9.90 Å². The Kier molecular flexibility index (Phi) is 4.33. The fraction of sp³-hybridized carbons (Fsp3) is 0.312. The van der Waals surface area contributed by atoms with Crippen molar-refractivity contribution in [3.05, 3.63) is 45.6 Å². The summed E-state index contributed by atoms with van der Waals surface area (Å²) in [7, 11) is 0. The molecule has 0 aliphatic heterocycles. The Labute approximate surface area is 127 Å². The van der Waals surface area contributed by atoms with Crippen LogP contribution in [-0.4, -0.2) is 15.6 Å². The number of carbonyl (C=O) groups is 1. The lowest BCUT2D eigenvalue weighted by molar-refractivity contribution is 0.0685. The van der Waals surface area contributed by atoms with E-state index in [2.05, 4.69) is 28.1 Å². The van der Waals surface area contributed by atoms with Crippen LogP contribution < -0.4 is 0 Å². The number of carboxylic acids is 1. The number of nitrogens with zero attached hydrogens (tertiary/aromatic N) is 1. The molecule has 2 rings (SSSR count). The molecule has 0 fully saturated rings. The highest BCUT2D eigenvalue weighted by molar-refractivity contribution is 9.10. The molecule has 0 bridgehead atoms. The maximum absolute atomic E-state index is 11.3. The minimum Gasteiger partial charge on any atom is -0.477 e.